The zero-order valence-electron chi connectivity index (χ0n) is 17.5. The second kappa shape index (κ2) is 10.4. The van der Waals surface area contributed by atoms with Crippen molar-refractivity contribution in [3.8, 4) is 0 Å². The first-order chi connectivity index (χ1) is 15.2. The molecule has 0 saturated carbocycles. The molecule has 0 bridgehead atoms. The Balaban J connectivity index is 1.58. The fourth-order valence-electron chi connectivity index (χ4n) is 2.93. The number of thioether (sulfide) groups is 1. The van der Waals surface area contributed by atoms with Gasteiger partial charge in [0.1, 0.15) is 10.3 Å². The summed E-state index contributed by atoms with van der Waals surface area (Å²) < 4.78 is 27.5. The molecule has 1 saturated heterocycles. The zero-order valence-corrected chi connectivity index (χ0v) is 19.9. The third kappa shape index (κ3) is 5.85. The molecule has 3 amide bonds. The van der Waals surface area contributed by atoms with Crippen molar-refractivity contribution in [2.24, 2.45) is 5.92 Å². The molecule has 2 heterocycles. The van der Waals surface area contributed by atoms with E-state index in [1.165, 1.54) is 6.07 Å². The number of thiophene rings is 1. The van der Waals surface area contributed by atoms with Crippen LogP contribution in [0, 0.1) is 5.92 Å². The molecule has 8 nitrogen and oxygen atoms in total. The van der Waals surface area contributed by atoms with Crippen LogP contribution in [0.5, 0.6) is 0 Å². The number of carbonyl (C=O) groups is 3. The van der Waals surface area contributed by atoms with E-state index in [2.05, 4.69) is 10.0 Å². The van der Waals surface area contributed by atoms with Crippen LogP contribution in [0.25, 0.3) is 6.08 Å². The lowest BCUT2D eigenvalue weighted by molar-refractivity contribution is -0.125. The fourth-order valence-corrected chi connectivity index (χ4v) is 6.15. The smallest absolute Gasteiger partial charge is 0.293 e. The van der Waals surface area contributed by atoms with Crippen LogP contribution in [0.4, 0.5) is 4.79 Å². The topological polar surface area (TPSA) is 113 Å². The predicted octanol–water partition coefficient (Wildman–Crippen LogP) is 2.90. The quantitative estimate of drug-likeness (QED) is 0.520. The Morgan fingerprint density at radius 3 is 2.47 bits per heavy atom. The lowest BCUT2D eigenvalue weighted by Gasteiger charge is -2.22. The summed E-state index contributed by atoms with van der Waals surface area (Å²) in [5.74, 6) is -1.25. The lowest BCUT2D eigenvalue weighted by Crippen LogP contribution is -2.50. The maximum Gasteiger partial charge on any atom is 0.293 e. The van der Waals surface area contributed by atoms with Crippen molar-refractivity contribution in [2.45, 2.75) is 24.1 Å². The van der Waals surface area contributed by atoms with Crippen LogP contribution in [-0.4, -0.2) is 49.5 Å². The summed E-state index contributed by atoms with van der Waals surface area (Å²) in [7, 11) is -3.82. The van der Waals surface area contributed by atoms with Crippen molar-refractivity contribution in [1.82, 2.24) is 14.9 Å². The van der Waals surface area contributed by atoms with Crippen molar-refractivity contribution in [1.29, 1.82) is 0 Å². The highest BCUT2D eigenvalue weighted by molar-refractivity contribution is 8.18. The molecular weight excluding hydrogens is 470 g/mol. The highest BCUT2D eigenvalue weighted by Gasteiger charge is 2.35. The molecule has 0 radical (unpaired) electrons. The minimum absolute atomic E-state index is 0.00890. The average molecular weight is 494 g/mol. The fraction of sp³-hybridized carbons (Fsp3) is 0.286. The molecule has 1 aromatic heterocycles. The Kier molecular flexibility index (Phi) is 7.88. The van der Waals surface area contributed by atoms with Gasteiger partial charge in [-0.2, -0.15) is 4.72 Å². The third-order valence-corrected chi connectivity index (χ3v) is 8.34. The molecule has 3 rings (SSSR count). The maximum absolute atomic E-state index is 12.6. The van der Waals surface area contributed by atoms with Gasteiger partial charge in [-0.15, -0.1) is 11.3 Å². The van der Waals surface area contributed by atoms with Gasteiger partial charge in [-0.25, -0.2) is 8.42 Å². The second-order valence-corrected chi connectivity index (χ2v) is 11.2. The summed E-state index contributed by atoms with van der Waals surface area (Å²) in [6.45, 7) is 3.46. The van der Waals surface area contributed by atoms with E-state index in [-0.39, 0.29) is 23.2 Å². The maximum atomic E-state index is 12.6. The van der Waals surface area contributed by atoms with E-state index in [0.717, 1.165) is 33.6 Å². The van der Waals surface area contributed by atoms with Gasteiger partial charge in [0.15, 0.2) is 0 Å². The van der Waals surface area contributed by atoms with Gasteiger partial charge in [-0.3, -0.25) is 19.3 Å². The van der Waals surface area contributed by atoms with Crippen LogP contribution in [0.1, 0.15) is 19.4 Å². The Hall–Kier alpha value is -2.47. The number of nitrogens with zero attached hydrogens (tertiary/aromatic N) is 1. The van der Waals surface area contributed by atoms with Crippen LogP contribution < -0.4 is 10.0 Å². The third-order valence-electron chi connectivity index (χ3n) is 4.60. The Morgan fingerprint density at radius 2 is 1.84 bits per heavy atom. The number of imide groups is 1. The van der Waals surface area contributed by atoms with Gasteiger partial charge in [0.05, 0.1) is 4.91 Å². The summed E-state index contributed by atoms with van der Waals surface area (Å²) in [4.78, 5) is 38.8. The number of nitrogens with one attached hydrogen (secondary N) is 2. The molecule has 170 valence electrons. The predicted molar refractivity (Wildman–Crippen MR) is 125 cm³/mol. The van der Waals surface area contributed by atoms with E-state index in [9.17, 15) is 22.8 Å². The molecule has 1 fully saturated rings. The first kappa shape index (κ1) is 24.2. The molecule has 2 N–H and O–H groups in total. The SMILES string of the molecule is CC(C)[C@@H](NS(=O)(=O)c1cccs1)C(=O)NCCN1C(=O)S/C(=C/c2ccccc2)C1=O. The Labute approximate surface area is 195 Å². The normalized spacial score (nSPS) is 16.7. The number of benzene rings is 1. The Morgan fingerprint density at radius 1 is 1.12 bits per heavy atom. The van der Waals surface area contributed by atoms with Crippen molar-refractivity contribution in [3.05, 3.63) is 58.3 Å². The van der Waals surface area contributed by atoms with Crippen LogP contribution >= 0.6 is 23.1 Å². The molecule has 0 unspecified atom stereocenters. The molecule has 1 atom stereocenters. The van der Waals surface area contributed by atoms with Gasteiger partial charge < -0.3 is 5.32 Å². The zero-order chi connectivity index (χ0) is 23.3. The first-order valence-electron chi connectivity index (χ1n) is 9.83. The largest absolute Gasteiger partial charge is 0.353 e. The van der Waals surface area contributed by atoms with Crippen LogP contribution in [0.15, 0.2) is 57.0 Å². The van der Waals surface area contributed by atoms with E-state index in [1.807, 2.05) is 30.3 Å². The molecule has 11 heteroatoms. The Bertz CT molecular complexity index is 1110. The van der Waals surface area contributed by atoms with Gasteiger partial charge >= 0.3 is 0 Å². The van der Waals surface area contributed by atoms with Gasteiger partial charge in [-0.05, 0) is 40.8 Å². The van der Waals surface area contributed by atoms with E-state index in [1.54, 1.807) is 31.4 Å². The van der Waals surface area contributed by atoms with E-state index < -0.39 is 33.1 Å². The van der Waals surface area contributed by atoms with E-state index in [4.69, 9.17) is 0 Å². The standard InChI is InChI=1S/C21H23N3O5S3/c1-14(2)18(23-32(28,29)17-9-6-12-30-17)19(25)22-10-11-24-20(26)16(31-21(24)27)13-15-7-4-3-5-8-15/h3-9,12-14,18,23H,10-11H2,1-2H3,(H,22,25)/b16-13+/t18-/m1/s1. The monoisotopic (exact) mass is 493 g/mol. The van der Waals surface area contributed by atoms with Crippen LogP contribution in [-0.2, 0) is 19.6 Å². The number of carbonyl (C=O) groups excluding carboxylic acids is 3. The number of rotatable bonds is 9. The van der Waals surface area contributed by atoms with Gasteiger partial charge in [0.2, 0.25) is 5.91 Å². The summed E-state index contributed by atoms with van der Waals surface area (Å²) in [6.07, 6.45) is 1.65. The number of hydrogen-bond donors (Lipinski definition) is 2. The lowest BCUT2D eigenvalue weighted by atomic mass is 10.1. The van der Waals surface area contributed by atoms with Crippen LogP contribution in [0.3, 0.4) is 0 Å². The van der Waals surface area contributed by atoms with E-state index in [0.29, 0.717) is 4.91 Å². The van der Waals surface area contributed by atoms with Gasteiger partial charge in [0, 0.05) is 13.1 Å². The van der Waals surface area contributed by atoms with E-state index >= 15 is 0 Å². The summed E-state index contributed by atoms with van der Waals surface area (Å²) in [6, 6.07) is 11.3. The molecular formula is C21H23N3O5S3. The highest BCUT2D eigenvalue weighted by atomic mass is 32.2. The molecule has 0 spiro atoms. The highest BCUT2D eigenvalue weighted by Crippen LogP contribution is 2.31. The minimum atomic E-state index is -3.82. The van der Waals surface area contributed by atoms with Crippen molar-refractivity contribution in [2.75, 3.05) is 13.1 Å². The summed E-state index contributed by atoms with van der Waals surface area (Å²) >= 11 is 1.91. The van der Waals surface area contributed by atoms with Crippen LogP contribution in [0.2, 0.25) is 0 Å². The first-order valence-corrected chi connectivity index (χ1v) is 13.0. The molecule has 1 aliphatic rings. The van der Waals surface area contributed by atoms with Crippen molar-refractivity contribution < 1.29 is 22.8 Å². The van der Waals surface area contributed by atoms with Gasteiger partial charge in [0.25, 0.3) is 21.2 Å². The number of sulfonamides is 1. The second-order valence-electron chi connectivity index (χ2n) is 7.31. The molecule has 2 aromatic rings. The average Bonchev–Trinajstić information content (AvgIpc) is 3.38. The molecule has 1 aromatic carbocycles. The number of amides is 3. The number of hydrogen-bond acceptors (Lipinski definition) is 7. The van der Waals surface area contributed by atoms with Crippen molar-refractivity contribution >= 4 is 56.3 Å². The minimum Gasteiger partial charge on any atom is -0.353 e. The molecule has 32 heavy (non-hydrogen) atoms. The summed E-state index contributed by atoms with van der Waals surface area (Å²) in [5.41, 5.74) is 0.809. The van der Waals surface area contributed by atoms with Gasteiger partial charge in [-0.1, -0.05) is 50.2 Å². The summed E-state index contributed by atoms with van der Waals surface area (Å²) in [5, 5.41) is 3.86. The molecule has 0 aliphatic carbocycles. The molecule has 1 aliphatic heterocycles. The van der Waals surface area contributed by atoms with Crippen molar-refractivity contribution in [3.63, 3.8) is 0 Å².